The number of benzene rings is 1. The molecule has 0 atom stereocenters. The van der Waals surface area contributed by atoms with Crippen LogP contribution in [0.25, 0.3) is 27.7 Å². The first-order valence-corrected chi connectivity index (χ1v) is 12.7. The molecule has 1 aliphatic rings. The van der Waals surface area contributed by atoms with Crippen molar-refractivity contribution in [3.8, 4) is 11.1 Å². The Hall–Kier alpha value is -3.60. The Kier molecular flexibility index (Phi) is 5.23. The minimum Gasteiger partial charge on any atom is -0.481 e. The summed E-state index contributed by atoms with van der Waals surface area (Å²) < 4.78 is 40.4. The van der Waals surface area contributed by atoms with Gasteiger partial charge in [0.05, 0.1) is 23.3 Å². The maximum absolute atomic E-state index is 13.7. The number of halogens is 1. The third-order valence-electron chi connectivity index (χ3n) is 6.45. The summed E-state index contributed by atoms with van der Waals surface area (Å²) in [4.78, 5) is 20.4. The Labute approximate surface area is 194 Å². The van der Waals surface area contributed by atoms with Gasteiger partial charge in [-0.05, 0) is 49.9 Å². The molecule has 1 aliphatic carbocycles. The van der Waals surface area contributed by atoms with Crippen LogP contribution in [0.3, 0.4) is 0 Å². The molecule has 5 rings (SSSR count). The van der Waals surface area contributed by atoms with Crippen LogP contribution in [-0.2, 0) is 14.6 Å². The van der Waals surface area contributed by atoms with Crippen LogP contribution in [0.4, 0.5) is 10.2 Å². The van der Waals surface area contributed by atoms with Crippen LogP contribution >= 0.6 is 0 Å². The number of hydrogen-bond acceptors (Lipinski definition) is 7. The molecule has 1 aromatic carbocycles. The summed E-state index contributed by atoms with van der Waals surface area (Å²) in [5.74, 6) is -1.98. The van der Waals surface area contributed by atoms with Crippen molar-refractivity contribution in [2.75, 3.05) is 12.0 Å². The standard InChI is InChI=1S/C23H22FN5O4S/c1-34(32,33)20-19(12-2-4-13(5-3-12)23(30)31)28-22-17(11-27-29(22)21(20)25)15-8-14-9-16(24)6-7-18(14)26-10-15/h6-13H,2-5,25H2,1H3,(H,30,31)/t12-,13+. The lowest BCUT2D eigenvalue weighted by Crippen LogP contribution is -2.23. The van der Waals surface area contributed by atoms with Gasteiger partial charge < -0.3 is 10.8 Å². The minimum atomic E-state index is -3.74. The number of pyridine rings is 1. The number of hydrogen-bond donors (Lipinski definition) is 2. The molecular weight excluding hydrogens is 461 g/mol. The van der Waals surface area contributed by atoms with Crippen LogP contribution in [0.1, 0.15) is 37.3 Å². The molecule has 0 bridgehead atoms. The van der Waals surface area contributed by atoms with Crippen molar-refractivity contribution in [2.24, 2.45) is 5.92 Å². The molecule has 4 aromatic rings. The van der Waals surface area contributed by atoms with Gasteiger partial charge in [0.1, 0.15) is 16.5 Å². The molecule has 0 aliphatic heterocycles. The summed E-state index contributed by atoms with van der Waals surface area (Å²) in [6.07, 6.45) is 6.06. The highest BCUT2D eigenvalue weighted by Gasteiger charge is 2.33. The fraction of sp³-hybridized carbons (Fsp3) is 0.304. The molecule has 0 unspecified atom stereocenters. The molecule has 176 valence electrons. The van der Waals surface area contributed by atoms with Gasteiger partial charge in [-0.3, -0.25) is 9.78 Å². The number of nitrogens with two attached hydrogens (primary N) is 1. The number of anilines is 1. The number of fused-ring (bicyclic) bond motifs is 2. The van der Waals surface area contributed by atoms with E-state index in [4.69, 9.17) is 10.7 Å². The molecule has 11 heteroatoms. The molecule has 3 aromatic heterocycles. The molecule has 0 radical (unpaired) electrons. The lowest BCUT2D eigenvalue weighted by atomic mass is 9.80. The van der Waals surface area contributed by atoms with E-state index >= 15 is 0 Å². The van der Waals surface area contributed by atoms with E-state index in [0.717, 1.165) is 6.26 Å². The van der Waals surface area contributed by atoms with Gasteiger partial charge in [-0.2, -0.15) is 9.61 Å². The van der Waals surface area contributed by atoms with E-state index in [1.165, 1.54) is 22.8 Å². The van der Waals surface area contributed by atoms with Crippen LogP contribution < -0.4 is 5.73 Å². The van der Waals surface area contributed by atoms with Gasteiger partial charge in [-0.25, -0.2) is 17.8 Å². The quantitative estimate of drug-likeness (QED) is 0.450. The molecule has 34 heavy (non-hydrogen) atoms. The monoisotopic (exact) mass is 483 g/mol. The Morgan fingerprint density at radius 1 is 1.18 bits per heavy atom. The van der Waals surface area contributed by atoms with E-state index in [0.29, 0.717) is 59.1 Å². The largest absolute Gasteiger partial charge is 0.481 e. The van der Waals surface area contributed by atoms with E-state index in [-0.39, 0.29) is 22.4 Å². The van der Waals surface area contributed by atoms with Crippen molar-refractivity contribution in [1.29, 1.82) is 0 Å². The van der Waals surface area contributed by atoms with E-state index in [2.05, 4.69) is 10.1 Å². The molecule has 1 saturated carbocycles. The zero-order valence-electron chi connectivity index (χ0n) is 18.3. The normalized spacial score (nSPS) is 19.0. The molecule has 9 nitrogen and oxygen atoms in total. The average molecular weight is 484 g/mol. The number of carbonyl (C=O) groups is 1. The van der Waals surface area contributed by atoms with Crippen molar-refractivity contribution >= 4 is 38.2 Å². The van der Waals surface area contributed by atoms with Crippen molar-refractivity contribution in [3.05, 3.63) is 48.2 Å². The number of rotatable bonds is 4. The van der Waals surface area contributed by atoms with Crippen LogP contribution in [-0.4, -0.2) is 45.3 Å². The highest BCUT2D eigenvalue weighted by Crippen LogP contribution is 2.40. The number of nitrogens with zero attached hydrogens (tertiary/aromatic N) is 4. The third kappa shape index (κ3) is 3.75. The second kappa shape index (κ2) is 8.01. The number of nitrogen functional groups attached to an aromatic ring is 1. The van der Waals surface area contributed by atoms with Gasteiger partial charge in [-0.1, -0.05) is 0 Å². The summed E-state index contributed by atoms with van der Waals surface area (Å²) in [5.41, 5.74) is 8.84. The predicted octanol–water partition coefficient (Wildman–Crippen LogP) is 3.43. The minimum absolute atomic E-state index is 0.0473. The van der Waals surface area contributed by atoms with Gasteiger partial charge in [0.25, 0.3) is 0 Å². The Morgan fingerprint density at radius 2 is 1.91 bits per heavy atom. The lowest BCUT2D eigenvalue weighted by molar-refractivity contribution is -0.142. The molecule has 3 heterocycles. The highest BCUT2D eigenvalue weighted by molar-refractivity contribution is 7.91. The molecule has 1 fully saturated rings. The van der Waals surface area contributed by atoms with E-state index < -0.39 is 21.7 Å². The predicted molar refractivity (Wildman–Crippen MR) is 124 cm³/mol. The first kappa shape index (κ1) is 22.2. The first-order valence-electron chi connectivity index (χ1n) is 10.8. The topological polar surface area (TPSA) is 141 Å². The molecule has 0 saturated heterocycles. The molecular formula is C23H22FN5O4S. The second-order valence-electron chi connectivity index (χ2n) is 8.73. The first-order chi connectivity index (χ1) is 16.1. The number of carboxylic acid groups (broad SMARTS) is 1. The Bertz CT molecular complexity index is 1560. The summed E-state index contributed by atoms with van der Waals surface area (Å²) in [5, 5.41) is 14.2. The zero-order valence-corrected chi connectivity index (χ0v) is 19.1. The fourth-order valence-corrected chi connectivity index (χ4v) is 5.80. The second-order valence-corrected chi connectivity index (χ2v) is 10.7. The number of aliphatic carboxylic acids is 1. The maximum atomic E-state index is 13.7. The van der Waals surface area contributed by atoms with Crippen LogP contribution in [0.2, 0.25) is 0 Å². The van der Waals surface area contributed by atoms with Gasteiger partial charge in [-0.15, -0.1) is 0 Å². The van der Waals surface area contributed by atoms with Crippen LogP contribution in [0.5, 0.6) is 0 Å². The summed E-state index contributed by atoms with van der Waals surface area (Å²) in [6, 6.07) is 6.07. The smallest absolute Gasteiger partial charge is 0.306 e. The van der Waals surface area contributed by atoms with E-state index in [1.807, 2.05) is 0 Å². The molecule has 0 spiro atoms. The van der Waals surface area contributed by atoms with E-state index in [1.54, 1.807) is 18.3 Å². The summed E-state index contributed by atoms with van der Waals surface area (Å²) in [7, 11) is -3.74. The summed E-state index contributed by atoms with van der Waals surface area (Å²) >= 11 is 0. The van der Waals surface area contributed by atoms with E-state index in [9.17, 15) is 22.7 Å². The van der Waals surface area contributed by atoms with Gasteiger partial charge in [0.15, 0.2) is 15.5 Å². The van der Waals surface area contributed by atoms with Crippen molar-refractivity contribution in [1.82, 2.24) is 19.6 Å². The zero-order chi connectivity index (χ0) is 24.2. The Balaban J connectivity index is 1.68. The van der Waals surface area contributed by atoms with Crippen LogP contribution in [0.15, 0.2) is 41.6 Å². The van der Waals surface area contributed by atoms with Gasteiger partial charge >= 0.3 is 5.97 Å². The van der Waals surface area contributed by atoms with Gasteiger partial charge in [0, 0.05) is 34.9 Å². The van der Waals surface area contributed by atoms with Gasteiger partial charge in [0.2, 0.25) is 0 Å². The van der Waals surface area contributed by atoms with Crippen molar-refractivity contribution in [3.63, 3.8) is 0 Å². The highest BCUT2D eigenvalue weighted by atomic mass is 32.2. The fourth-order valence-electron chi connectivity index (χ4n) is 4.74. The molecule has 0 amide bonds. The van der Waals surface area contributed by atoms with Crippen molar-refractivity contribution in [2.45, 2.75) is 36.5 Å². The number of carboxylic acids is 1. The summed E-state index contributed by atoms with van der Waals surface area (Å²) in [6.45, 7) is 0. The SMILES string of the molecule is CS(=O)(=O)c1c(N)n2ncc(-c3cnc4ccc(F)cc4c3)c2nc1[C@H]1CC[C@@H](C(=O)O)CC1. The van der Waals surface area contributed by atoms with Crippen LogP contribution in [0, 0.1) is 11.7 Å². The number of aromatic nitrogens is 4. The average Bonchev–Trinajstić information content (AvgIpc) is 3.22. The Morgan fingerprint density at radius 3 is 2.59 bits per heavy atom. The third-order valence-corrected chi connectivity index (χ3v) is 7.61. The van der Waals surface area contributed by atoms with Crippen molar-refractivity contribution < 1.29 is 22.7 Å². The lowest BCUT2D eigenvalue weighted by Gasteiger charge is -2.27. The molecule has 3 N–H and O–H groups in total. The number of sulfone groups is 1. The maximum Gasteiger partial charge on any atom is 0.306 e.